The molecular formula is C18H32Si2. The van der Waals surface area contributed by atoms with Gasteiger partial charge >= 0.3 is 0 Å². The lowest BCUT2D eigenvalue weighted by atomic mass is 10.2. The number of hydrogen-bond acceptors (Lipinski definition) is 0. The summed E-state index contributed by atoms with van der Waals surface area (Å²) in [4.78, 5) is 0. The van der Waals surface area contributed by atoms with Gasteiger partial charge in [-0.3, -0.25) is 0 Å². The summed E-state index contributed by atoms with van der Waals surface area (Å²) in [5.41, 5.74) is 6.94. The predicted octanol–water partition coefficient (Wildman–Crippen LogP) is 5.64. The molecule has 0 N–H and O–H groups in total. The molecule has 0 aliphatic carbocycles. The van der Waals surface area contributed by atoms with Crippen molar-refractivity contribution in [3.05, 3.63) is 12.2 Å². The highest BCUT2D eigenvalue weighted by molar-refractivity contribution is 6.88. The normalized spacial score (nSPS) is 13.5. The van der Waals surface area contributed by atoms with Gasteiger partial charge in [0.1, 0.15) is 16.1 Å². The van der Waals surface area contributed by atoms with Gasteiger partial charge < -0.3 is 0 Å². The van der Waals surface area contributed by atoms with Crippen molar-refractivity contribution in [3.63, 3.8) is 0 Å². The molecule has 112 valence electrons. The summed E-state index contributed by atoms with van der Waals surface area (Å²) < 4.78 is 0. The van der Waals surface area contributed by atoms with Crippen molar-refractivity contribution in [1.82, 2.24) is 0 Å². The second-order valence-electron chi connectivity index (χ2n) is 8.62. The maximum Gasteiger partial charge on any atom is 0.138 e. The maximum absolute atomic E-state index is 3.47. The van der Waals surface area contributed by atoms with Crippen LogP contribution in [0.4, 0.5) is 0 Å². The van der Waals surface area contributed by atoms with Crippen LogP contribution in [0.2, 0.25) is 36.3 Å². The SMILES string of the molecule is CC(C)(C)[Si](C)(C)C#C/C=C\C#C[Si](C)(C)C(C)(C)C. The Morgan fingerprint density at radius 3 is 1.05 bits per heavy atom. The Kier molecular flexibility index (Phi) is 6.15. The average Bonchev–Trinajstić information content (AvgIpc) is 2.19. The number of allylic oxidation sites excluding steroid dienone is 2. The van der Waals surface area contributed by atoms with Crippen molar-refractivity contribution in [2.75, 3.05) is 0 Å². The molecule has 2 heteroatoms. The monoisotopic (exact) mass is 304 g/mol. The Bertz CT molecular complexity index is 426. The van der Waals surface area contributed by atoms with E-state index in [9.17, 15) is 0 Å². The van der Waals surface area contributed by atoms with Crippen LogP contribution in [0.25, 0.3) is 0 Å². The molecule has 0 aromatic carbocycles. The second-order valence-corrected chi connectivity index (χ2v) is 18.6. The summed E-state index contributed by atoms with van der Waals surface area (Å²) in [7, 11) is -2.97. The molecule has 0 unspecified atom stereocenters. The molecule has 0 amide bonds. The van der Waals surface area contributed by atoms with Crippen LogP contribution in [0.1, 0.15) is 41.5 Å². The molecule has 0 spiro atoms. The number of rotatable bonds is 0. The van der Waals surface area contributed by atoms with Gasteiger partial charge in [-0.2, -0.15) is 0 Å². The summed E-state index contributed by atoms with van der Waals surface area (Å²) in [6.45, 7) is 23.0. The molecule has 20 heavy (non-hydrogen) atoms. The molecule has 0 aliphatic rings. The molecule has 0 bridgehead atoms. The van der Waals surface area contributed by atoms with Gasteiger partial charge in [0, 0.05) is 0 Å². The van der Waals surface area contributed by atoms with Crippen LogP contribution in [0.3, 0.4) is 0 Å². The molecule has 0 saturated heterocycles. The van der Waals surface area contributed by atoms with Crippen LogP contribution in [0.15, 0.2) is 12.2 Å². The molecule has 0 radical (unpaired) electrons. The van der Waals surface area contributed by atoms with E-state index in [2.05, 4.69) is 90.7 Å². The minimum Gasteiger partial charge on any atom is -0.126 e. The predicted molar refractivity (Wildman–Crippen MR) is 99.1 cm³/mol. The van der Waals surface area contributed by atoms with E-state index in [1.807, 2.05) is 12.2 Å². The Labute approximate surface area is 129 Å². The zero-order valence-corrected chi connectivity index (χ0v) is 17.2. The first-order valence-electron chi connectivity index (χ1n) is 7.41. The van der Waals surface area contributed by atoms with Crippen molar-refractivity contribution in [2.45, 2.75) is 77.8 Å². The quantitative estimate of drug-likeness (QED) is 0.401. The Morgan fingerprint density at radius 1 is 0.600 bits per heavy atom. The van der Waals surface area contributed by atoms with Crippen LogP contribution in [-0.2, 0) is 0 Å². The average molecular weight is 305 g/mol. The third-order valence-corrected chi connectivity index (χ3v) is 13.8. The largest absolute Gasteiger partial charge is 0.138 e. The van der Waals surface area contributed by atoms with E-state index in [4.69, 9.17) is 0 Å². The summed E-state index contributed by atoms with van der Waals surface area (Å²) in [5, 5.41) is 0.640. The lowest BCUT2D eigenvalue weighted by molar-refractivity contribution is 0.730. The second kappa shape index (κ2) is 6.38. The minimum absolute atomic E-state index is 0.320. The van der Waals surface area contributed by atoms with Gasteiger partial charge in [0.15, 0.2) is 0 Å². The molecule has 0 rings (SSSR count). The van der Waals surface area contributed by atoms with Gasteiger partial charge in [-0.25, -0.2) is 0 Å². The molecule has 0 heterocycles. The van der Waals surface area contributed by atoms with Gasteiger partial charge in [-0.15, -0.1) is 11.1 Å². The smallest absolute Gasteiger partial charge is 0.126 e. The maximum atomic E-state index is 3.47. The molecule has 0 aliphatic heterocycles. The zero-order chi connectivity index (χ0) is 16.2. The van der Waals surface area contributed by atoms with Crippen molar-refractivity contribution in [1.29, 1.82) is 0 Å². The van der Waals surface area contributed by atoms with E-state index in [0.29, 0.717) is 10.1 Å². The van der Waals surface area contributed by atoms with E-state index in [1.165, 1.54) is 0 Å². The lowest BCUT2D eigenvalue weighted by Crippen LogP contribution is -2.35. The van der Waals surface area contributed by atoms with Gasteiger partial charge in [-0.05, 0) is 22.2 Å². The Morgan fingerprint density at radius 2 is 0.850 bits per heavy atom. The standard InChI is InChI=1S/C18H32Si2/c1-17(2,3)19(7,8)15-13-11-12-14-16-20(9,10)18(4,5)6/h11-12H,1-10H3/b12-11-. The third kappa shape index (κ3) is 5.74. The molecule has 0 nitrogen and oxygen atoms in total. The van der Waals surface area contributed by atoms with E-state index in [-0.39, 0.29) is 0 Å². The van der Waals surface area contributed by atoms with Crippen molar-refractivity contribution in [3.8, 4) is 22.9 Å². The zero-order valence-electron chi connectivity index (χ0n) is 15.2. The lowest BCUT2D eigenvalue weighted by Gasteiger charge is -2.31. The Hall–Kier alpha value is -0.706. The molecule has 0 aromatic rings. The molecule has 0 saturated carbocycles. The van der Waals surface area contributed by atoms with Crippen LogP contribution >= 0.6 is 0 Å². The van der Waals surface area contributed by atoms with Gasteiger partial charge in [0.05, 0.1) is 0 Å². The first-order valence-corrected chi connectivity index (χ1v) is 13.4. The highest BCUT2D eigenvalue weighted by atomic mass is 28.3. The summed E-state index contributed by atoms with van der Waals surface area (Å²) in [6.07, 6.45) is 3.83. The fourth-order valence-corrected chi connectivity index (χ4v) is 2.54. The van der Waals surface area contributed by atoms with Gasteiger partial charge in [0.25, 0.3) is 0 Å². The van der Waals surface area contributed by atoms with Crippen molar-refractivity contribution < 1.29 is 0 Å². The fourth-order valence-electron chi connectivity index (χ4n) is 0.903. The van der Waals surface area contributed by atoms with E-state index in [1.54, 1.807) is 0 Å². The first kappa shape index (κ1) is 19.3. The topological polar surface area (TPSA) is 0 Å². The number of hydrogen-bond donors (Lipinski definition) is 0. The van der Waals surface area contributed by atoms with Crippen LogP contribution < -0.4 is 0 Å². The third-order valence-electron chi connectivity index (χ3n) is 4.77. The Balaban J connectivity index is 4.85. The van der Waals surface area contributed by atoms with E-state index >= 15 is 0 Å². The van der Waals surface area contributed by atoms with Gasteiger partial charge in [0.2, 0.25) is 0 Å². The van der Waals surface area contributed by atoms with Crippen LogP contribution in [0, 0.1) is 22.9 Å². The molecule has 0 atom stereocenters. The first-order chi connectivity index (χ1) is 8.71. The molecular weight excluding hydrogens is 272 g/mol. The molecule has 0 aromatic heterocycles. The van der Waals surface area contributed by atoms with E-state index < -0.39 is 16.1 Å². The van der Waals surface area contributed by atoms with Gasteiger partial charge in [-0.1, -0.05) is 79.6 Å². The van der Waals surface area contributed by atoms with Crippen LogP contribution in [0.5, 0.6) is 0 Å². The fraction of sp³-hybridized carbons (Fsp3) is 0.667. The summed E-state index contributed by atoms with van der Waals surface area (Å²) >= 11 is 0. The molecule has 0 fully saturated rings. The van der Waals surface area contributed by atoms with E-state index in [0.717, 1.165) is 0 Å². The summed E-state index contributed by atoms with van der Waals surface area (Å²) in [6, 6.07) is 0. The minimum atomic E-state index is -1.48. The highest BCUT2D eigenvalue weighted by Gasteiger charge is 2.34. The van der Waals surface area contributed by atoms with Crippen LogP contribution in [-0.4, -0.2) is 16.1 Å². The highest BCUT2D eigenvalue weighted by Crippen LogP contribution is 2.35. The van der Waals surface area contributed by atoms with Crippen molar-refractivity contribution >= 4 is 16.1 Å². The van der Waals surface area contributed by atoms with Crippen molar-refractivity contribution in [2.24, 2.45) is 0 Å². The summed E-state index contributed by atoms with van der Waals surface area (Å²) in [5.74, 6) is 6.40.